The number of hydrogen-bond acceptors (Lipinski definition) is 1. The Bertz CT molecular complexity index is 61.1. The molecular weight excluding hydrogens is 275 g/mol. The summed E-state index contributed by atoms with van der Waals surface area (Å²) in [5.74, 6) is 0. The van der Waals surface area contributed by atoms with Crippen LogP contribution in [-0.4, -0.2) is 96.4 Å². The van der Waals surface area contributed by atoms with Gasteiger partial charge < -0.3 is 0 Å². The molecule has 0 amide bonds. The Kier molecular flexibility index (Phi) is 16.5. The molecule has 0 fully saturated rings. The Hall–Kier alpha value is 2.91. The predicted molar refractivity (Wildman–Crippen MR) is 30.2 cm³/mol. The van der Waals surface area contributed by atoms with Gasteiger partial charge in [-0.2, -0.15) is 0 Å². The number of halogens is 1. The fraction of sp³-hybridized carbons (Fsp3) is 0. The molecule has 0 saturated carbocycles. The normalized spacial score (nSPS) is 8.43. The van der Waals surface area contributed by atoms with Crippen LogP contribution < -0.4 is 0 Å². The van der Waals surface area contributed by atoms with Crippen LogP contribution in [0, 0.1) is 0 Å². The monoisotopic (exact) mass is 282 g/mol. The number of rotatable bonds is 0. The Morgan fingerprint density at radius 3 is 1.43 bits per heavy atom. The van der Waals surface area contributed by atoms with Crippen molar-refractivity contribution in [3.8, 4) is 0 Å². The quantitative estimate of drug-likeness (QED) is 0.408. The summed E-state index contributed by atoms with van der Waals surface area (Å²) < 4.78 is 19.0. The summed E-state index contributed by atoms with van der Waals surface area (Å²) in [6.45, 7) is 0. The van der Waals surface area contributed by atoms with Crippen LogP contribution in [0.5, 0.6) is 0 Å². The van der Waals surface area contributed by atoms with Crippen LogP contribution in [0.1, 0.15) is 0 Å². The van der Waals surface area contributed by atoms with Crippen molar-refractivity contribution < 1.29 is 18.5 Å². The Balaban J connectivity index is -0.0000000800. The second kappa shape index (κ2) is 7.02. The van der Waals surface area contributed by atoms with Crippen molar-refractivity contribution in [2.75, 3.05) is 0 Å². The molecule has 0 aliphatic heterocycles. The molecule has 3 nitrogen and oxygen atoms in total. The summed E-state index contributed by atoms with van der Waals surface area (Å²) >= 11 is 0. The van der Waals surface area contributed by atoms with Gasteiger partial charge in [-0.05, 0) is 0 Å². The third-order valence-corrected chi connectivity index (χ3v) is 0. The molecule has 0 heterocycles. The van der Waals surface area contributed by atoms with E-state index in [4.69, 9.17) is 14.4 Å². The molecule has 0 radical (unpaired) electrons. The van der Waals surface area contributed by atoms with Crippen LogP contribution >= 0.6 is 7.91 Å². The first-order chi connectivity index (χ1) is 2.00. The summed E-state index contributed by atoms with van der Waals surface area (Å²) in [5.41, 5.74) is 0. The van der Waals surface area contributed by atoms with Gasteiger partial charge in [-0.3, -0.25) is 9.79 Å². The van der Waals surface area contributed by atoms with Gasteiger partial charge in [0.2, 0.25) is 0 Å². The van der Waals surface area contributed by atoms with E-state index >= 15 is 0 Å². The maximum absolute atomic E-state index is 10.4. The van der Waals surface area contributed by atoms with Gasteiger partial charge in [-0.15, -0.1) is 4.20 Å². The van der Waals surface area contributed by atoms with E-state index in [0.717, 1.165) is 0 Å². The van der Waals surface area contributed by atoms with Crippen LogP contribution in [0.2, 0.25) is 0 Å². The van der Waals surface area contributed by atoms with Gasteiger partial charge in [0.15, 0.2) is 0 Å². The minimum atomic E-state index is -5.14. The topological polar surface area (TPSA) is 57.5 Å². The minimum absolute atomic E-state index is 0. The van der Waals surface area contributed by atoms with Crippen LogP contribution in [-0.2, 0) is 4.57 Å². The summed E-state index contributed by atoms with van der Waals surface area (Å²) in [5, 5.41) is 0. The molecule has 0 bridgehead atoms. The van der Waals surface area contributed by atoms with Crippen molar-refractivity contribution in [2.45, 2.75) is 0 Å². The molecule has 40 valence electrons. The van der Waals surface area contributed by atoms with Crippen molar-refractivity contribution in [3.63, 3.8) is 0 Å². The summed E-state index contributed by atoms with van der Waals surface area (Å²) in [6.07, 6.45) is 0. The van der Waals surface area contributed by atoms with Gasteiger partial charge >= 0.3 is 94.5 Å². The zero-order chi connectivity index (χ0) is 4.50. The van der Waals surface area contributed by atoms with Gasteiger partial charge in [0.25, 0.3) is 0 Å². The summed E-state index contributed by atoms with van der Waals surface area (Å²) in [4.78, 5) is 13.9. The Morgan fingerprint density at radius 2 is 1.43 bits per heavy atom. The van der Waals surface area contributed by atoms with E-state index in [-0.39, 0.29) is 86.6 Å². The first-order valence-corrected chi connectivity index (χ1v) is 2.25. The Morgan fingerprint density at radius 1 is 1.43 bits per heavy atom. The molecule has 7 heavy (non-hydrogen) atoms. The maximum atomic E-state index is 10.4. The van der Waals surface area contributed by atoms with Gasteiger partial charge in [0.05, 0.1) is 0 Å². The van der Waals surface area contributed by atoms with Gasteiger partial charge in [0, 0.05) is 0 Å². The zero-order valence-corrected chi connectivity index (χ0v) is 3.02. The SMILES string of the molecule is O=P(O)(O)F.[BaH2].[CaH2]. The van der Waals surface area contributed by atoms with Gasteiger partial charge in [-0.25, -0.2) is 4.57 Å². The fourth-order valence-electron chi connectivity index (χ4n) is 0. The van der Waals surface area contributed by atoms with E-state index in [2.05, 4.69) is 0 Å². The Labute approximate surface area is 110 Å². The second-order valence-corrected chi connectivity index (χ2v) is 1.42. The van der Waals surface area contributed by atoms with E-state index in [1.54, 1.807) is 0 Å². The summed E-state index contributed by atoms with van der Waals surface area (Å²) in [6, 6.07) is 0. The molecule has 0 aliphatic carbocycles. The molecule has 0 rings (SSSR count). The molecule has 0 atom stereocenters. The van der Waals surface area contributed by atoms with Crippen molar-refractivity contribution in [3.05, 3.63) is 0 Å². The van der Waals surface area contributed by atoms with Crippen LogP contribution in [0.4, 0.5) is 4.20 Å². The van der Waals surface area contributed by atoms with E-state index < -0.39 is 7.91 Å². The molecule has 0 unspecified atom stereocenters. The number of hydrogen-bond donors (Lipinski definition) is 2. The molecule has 0 aromatic heterocycles. The van der Waals surface area contributed by atoms with Crippen molar-refractivity contribution in [1.82, 2.24) is 0 Å². The third kappa shape index (κ3) is 50.2. The average molecular weight is 281 g/mol. The standard InChI is InChI=1S/Ba.Ca.FH2O3P.4H/c;;1-5(2,3)4;;;;/h;;(H2,2,3,4);;;;. The predicted octanol–water partition coefficient (Wildman–Crippen LogP) is -1.78. The molecule has 0 aromatic carbocycles. The third-order valence-electron chi connectivity index (χ3n) is 0. The fourth-order valence-corrected chi connectivity index (χ4v) is 0. The van der Waals surface area contributed by atoms with Crippen molar-refractivity contribution in [1.29, 1.82) is 0 Å². The first-order valence-electron chi connectivity index (χ1n) is 0.752. The van der Waals surface area contributed by atoms with E-state index in [0.29, 0.717) is 0 Å². The molecule has 7 heteroatoms. The van der Waals surface area contributed by atoms with Crippen molar-refractivity contribution in [2.24, 2.45) is 0 Å². The summed E-state index contributed by atoms with van der Waals surface area (Å²) in [7, 11) is -5.14. The van der Waals surface area contributed by atoms with Crippen molar-refractivity contribution >= 4 is 94.5 Å². The second-order valence-electron chi connectivity index (χ2n) is 0.473. The molecule has 2 N–H and O–H groups in total. The zero-order valence-electron chi connectivity index (χ0n) is 2.13. The van der Waals surface area contributed by atoms with Crippen LogP contribution in [0.3, 0.4) is 0 Å². The van der Waals surface area contributed by atoms with Gasteiger partial charge in [-0.1, -0.05) is 0 Å². The molecule has 0 saturated heterocycles. The van der Waals surface area contributed by atoms with E-state index in [9.17, 15) is 4.20 Å². The van der Waals surface area contributed by atoms with Crippen LogP contribution in [0.15, 0.2) is 0 Å². The van der Waals surface area contributed by atoms with Crippen LogP contribution in [0.25, 0.3) is 0 Å². The molecule has 0 spiro atoms. The molecule has 0 aliphatic rings. The van der Waals surface area contributed by atoms with E-state index in [1.165, 1.54) is 0 Å². The average Bonchev–Trinajstić information content (AvgIpc) is 0.722. The molecule has 0 aromatic rings. The van der Waals surface area contributed by atoms with Gasteiger partial charge in [0.1, 0.15) is 0 Å². The first kappa shape index (κ1) is 16.5. The molecular formula is H6BaCaFO3P. The van der Waals surface area contributed by atoms with E-state index in [1.807, 2.05) is 0 Å².